The zero-order valence-corrected chi connectivity index (χ0v) is 25.7. The van der Waals surface area contributed by atoms with Crippen molar-refractivity contribution in [2.24, 2.45) is 0 Å². The van der Waals surface area contributed by atoms with E-state index in [1.54, 1.807) is 18.3 Å². The summed E-state index contributed by atoms with van der Waals surface area (Å²) in [4.78, 5) is 40.3. The van der Waals surface area contributed by atoms with Crippen LogP contribution >= 0.6 is 11.3 Å². The number of halogens is 2. The van der Waals surface area contributed by atoms with Crippen LogP contribution < -0.4 is 15.0 Å². The van der Waals surface area contributed by atoms with Crippen LogP contribution in [0.3, 0.4) is 0 Å². The van der Waals surface area contributed by atoms with Crippen LogP contribution in [0.2, 0.25) is 0 Å². The van der Waals surface area contributed by atoms with Crippen molar-refractivity contribution in [1.82, 2.24) is 24.3 Å². The molecule has 0 atom stereocenters. The van der Waals surface area contributed by atoms with Crippen molar-refractivity contribution < 1.29 is 23.1 Å². The number of carbonyl (C=O) groups is 2. The number of likely N-dealkylation sites (tertiary alicyclic amines) is 1. The first kappa shape index (κ1) is 29.8. The molecule has 5 heterocycles. The predicted molar refractivity (Wildman–Crippen MR) is 172 cm³/mol. The van der Waals surface area contributed by atoms with Gasteiger partial charge in [0.15, 0.2) is 11.6 Å². The fraction of sp³-hybridized carbons (Fsp3) is 0.273. The van der Waals surface area contributed by atoms with Crippen LogP contribution in [0.4, 0.5) is 29.7 Å². The van der Waals surface area contributed by atoms with Crippen molar-refractivity contribution in [3.8, 4) is 22.1 Å². The number of hydrogen-bond donors (Lipinski definition) is 1. The lowest BCUT2D eigenvalue weighted by Gasteiger charge is -2.18. The average molecular weight is 644 g/mol. The van der Waals surface area contributed by atoms with Gasteiger partial charge in [-0.2, -0.15) is 0 Å². The summed E-state index contributed by atoms with van der Waals surface area (Å²) in [6, 6.07) is 12.1. The molecule has 2 fully saturated rings. The minimum absolute atomic E-state index is 0.0364. The largest absolute Gasteiger partial charge is 0.453 e. The van der Waals surface area contributed by atoms with Gasteiger partial charge in [0.25, 0.3) is 0 Å². The van der Waals surface area contributed by atoms with Gasteiger partial charge in [-0.15, -0.1) is 11.3 Å². The molecule has 7 rings (SSSR count). The molecule has 4 amide bonds. The van der Waals surface area contributed by atoms with E-state index in [0.717, 1.165) is 45.7 Å². The molecule has 10 nitrogen and oxygen atoms in total. The van der Waals surface area contributed by atoms with Crippen LogP contribution in [0.5, 0.6) is 11.5 Å². The Balaban J connectivity index is 1.00. The van der Waals surface area contributed by atoms with E-state index in [9.17, 15) is 14.0 Å². The van der Waals surface area contributed by atoms with Gasteiger partial charge in [0.1, 0.15) is 11.6 Å². The maximum atomic E-state index is 15.2. The first-order chi connectivity index (χ1) is 22.4. The summed E-state index contributed by atoms with van der Waals surface area (Å²) >= 11 is 1.47. The van der Waals surface area contributed by atoms with E-state index < -0.39 is 23.7 Å². The first-order valence-electron chi connectivity index (χ1n) is 15.2. The molecule has 2 aliphatic heterocycles. The molecular weight excluding hydrogens is 612 g/mol. The molecule has 0 bridgehead atoms. The molecule has 3 aromatic heterocycles. The van der Waals surface area contributed by atoms with Crippen molar-refractivity contribution in [3.05, 3.63) is 85.0 Å². The zero-order valence-electron chi connectivity index (χ0n) is 24.9. The fourth-order valence-corrected chi connectivity index (χ4v) is 6.83. The van der Waals surface area contributed by atoms with Crippen molar-refractivity contribution in [1.29, 1.82) is 0 Å². The van der Waals surface area contributed by atoms with Gasteiger partial charge in [0.05, 0.1) is 39.3 Å². The molecule has 0 unspecified atom stereocenters. The lowest BCUT2D eigenvalue weighted by atomic mass is 10.3. The molecule has 1 N–H and O–H groups in total. The number of ether oxygens (including phenoxy) is 1. The van der Waals surface area contributed by atoms with Crippen LogP contribution in [0.1, 0.15) is 19.3 Å². The molecule has 0 aliphatic carbocycles. The topological polar surface area (TPSA) is 95.8 Å². The number of amides is 4. The molecule has 0 saturated carbocycles. The van der Waals surface area contributed by atoms with Crippen molar-refractivity contribution in [3.63, 3.8) is 0 Å². The van der Waals surface area contributed by atoms with Gasteiger partial charge in [-0.25, -0.2) is 28.3 Å². The first-order valence-corrected chi connectivity index (χ1v) is 16.0. The van der Waals surface area contributed by atoms with E-state index in [1.807, 2.05) is 18.6 Å². The highest BCUT2D eigenvalue weighted by molar-refractivity contribution is 7.22. The van der Waals surface area contributed by atoms with Crippen LogP contribution in [0, 0.1) is 11.6 Å². The van der Waals surface area contributed by atoms with E-state index in [1.165, 1.54) is 72.5 Å². The predicted octanol–water partition coefficient (Wildman–Crippen LogP) is 7.19. The van der Waals surface area contributed by atoms with Gasteiger partial charge in [0, 0.05) is 43.3 Å². The number of imidazole rings is 1. The summed E-state index contributed by atoms with van der Waals surface area (Å²) in [6.07, 6.45) is 9.14. The quantitative estimate of drug-likeness (QED) is 0.183. The Bertz CT molecular complexity index is 1910. The van der Waals surface area contributed by atoms with Gasteiger partial charge in [-0.3, -0.25) is 9.88 Å². The third-order valence-corrected chi connectivity index (χ3v) is 9.31. The average Bonchev–Trinajstić information content (AvgIpc) is 3.86. The lowest BCUT2D eigenvalue weighted by Crippen LogP contribution is -2.39. The smallest absolute Gasteiger partial charge is 0.332 e. The molecule has 13 heteroatoms. The molecule has 2 aliphatic rings. The minimum atomic E-state index is -0.743. The number of nitrogens with zero attached hydrogens (tertiary/aromatic N) is 6. The van der Waals surface area contributed by atoms with Crippen molar-refractivity contribution in [2.75, 3.05) is 42.9 Å². The summed E-state index contributed by atoms with van der Waals surface area (Å²) in [5, 5.41) is 2.54. The Morgan fingerprint density at radius 3 is 2.61 bits per heavy atom. The third kappa shape index (κ3) is 6.15. The summed E-state index contributed by atoms with van der Waals surface area (Å²) < 4.78 is 38.2. The maximum Gasteiger partial charge on any atom is 0.332 e. The SMILES string of the molecule is O=C(Nc1ccc(Oc2ccnc3cc(-c4cn(CCCN5CCCC5)cn4)sc23)c(F)c1)N1CCN(c2ccccc2F)C1=O. The second-order valence-corrected chi connectivity index (χ2v) is 12.3. The van der Waals surface area contributed by atoms with E-state index in [4.69, 9.17) is 4.74 Å². The molecule has 46 heavy (non-hydrogen) atoms. The number of aromatic nitrogens is 3. The van der Waals surface area contributed by atoms with Crippen LogP contribution in [0.25, 0.3) is 20.8 Å². The van der Waals surface area contributed by atoms with E-state index in [-0.39, 0.29) is 30.2 Å². The van der Waals surface area contributed by atoms with Gasteiger partial charge < -0.3 is 19.5 Å². The maximum absolute atomic E-state index is 15.2. The molecule has 2 saturated heterocycles. The second-order valence-electron chi connectivity index (χ2n) is 11.2. The molecular formula is C33H31F2N7O3S. The molecule has 0 radical (unpaired) electrons. The Morgan fingerprint density at radius 1 is 0.935 bits per heavy atom. The number of imide groups is 1. The van der Waals surface area contributed by atoms with Gasteiger partial charge in [-0.05, 0) is 69.2 Å². The number of fused-ring (bicyclic) bond motifs is 1. The minimum Gasteiger partial charge on any atom is -0.453 e. The highest BCUT2D eigenvalue weighted by Gasteiger charge is 2.35. The van der Waals surface area contributed by atoms with Gasteiger partial charge in [-0.1, -0.05) is 12.1 Å². The number of rotatable bonds is 9. The summed E-state index contributed by atoms with van der Waals surface area (Å²) in [5.41, 5.74) is 1.79. The normalized spacial score (nSPS) is 15.3. The van der Waals surface area contributed by atoms with Crippen LogP contribution in [0.15, 0.2) is 73.3 Å². The lowest BCUT2D eigenvalue weighted by molar-refractivity contribution is 0.209. The molecule has 236 valence electrons. The number of carbonyl (C=O) groups excluding carboxylic acids is 2. The Hall–Kier alpha value is -4.88. The third-order valence-electron chi connectivity index (χ3n) is 8.15. The van der Waals surface area contributed by atoms with Gasteiger partial charge >= 0.3 is 12.1 Å². The molecule has 5 aromatic rings. The standard InChI is InChI=1S/C33H31F2N7O3S/c34-23-6-1-2-7-27(23)41-16-17-42(33(41)44)32(43)38-22-8-9-28(24(35)18-22)45-29-10-11-36-25-19-30(46-31(25)29)26-20-40(21-37-26)15-5-14-39-12-3-4-13-39/h1-2,6-11,18-21H,3-5,12-17H2,(H,38,43). The molecule has 0 spiro atoms. The summed E-state index contributed by atoms with van der Waals surface area (Å²) in [7, 11) is 0. The number of nitrogens with one attached hydrogen (secondary N) is 1. The zero-order chi connectivity index (χ0) is 31.6. The number of anilines is 2. The second kappa shape index (κ2) is 12.9. The highest BCUT2D eigenvalue weighted by Crippen LogP contribution is 2.39. The van der Waals surface area contributed by atoms with Crippen molar-refractivity contribution >= 4 is 45.0 Å². The fourth-order valence-electron chi connectivity index (χ4n) is 5.80. The number of thiophene rings is 1. The monoisotopic (exact) mass is 643 g/mol. The number of para-hydroxylation sites is 1. The number of pyridine rings is 1. The Kier molecular flexibility index (Phi) is 8.33. The highest BCUT2D eigenvalue weighted by atomic mass is 32.1. The summed E-state index contributed by atoms with van der Waals surface area (Å²) in [5.74, 6) is -0.855. The van der Waals surface area contributed by atoms with E-state index in [2.05, 4.69) is 24.8 Å². The number of aryl methyl sites for hydroxylation is 1. The van der Waals surface area contributed by atoms with Crippen LogP contribution in [-0.2, 0) is 6.54 Å². The Labute approximate surface area is 267 Å². The molecule has 2 aromatic carbocycles. The summed E-state index contributed by atoms with van der Waals surface area (Å²) in [6.45, 7) is 4.58. The van der Waals surface area contributed by atoms with E-state index in [0.29, 0.717) is 11.3 Å². The van der Waals surface area contributed by atoms with Crippen molar-refractivity contribution in [2.45, 2.75) is 25.8 Å². The number of urea groups is 2. The number of hydrogen-bond acceptors (Lipinski definition) is 7. The van der Waals surface area contributed by atoms with Crippen LogP contribution in [-0.4, -0.2) is 69.1 Å². The van der Waals surface area contributed by atoms with Gasteiger partial charge in [0.2, 0.25) is 0 Å². The Morgan fingerprint density at radius 2 is 1.78 bits per heavy atom. The number of benzene rings is 2. The van der Waals surface area contributed by atoms with E-state index >= 15 is 4.39 Å².